The maximum Gasteiger partial charge on any atom is 0.0711 e. The zero-order valence-electron chi connectivity index (χ0n) is 12.6. The minimum Gasteiger partial charge on any atom is -0.354 e. The highest BCUT2D eigenvalue weighted by atomic mass is 15.3. The van der Waals surface area contributed by atoms with Gasteiger partial charge in [-0.05, 0) is 38.1 Å². The van der Waals surface area contributed by atoms with Crippen LogP contribution in [0.5, 0.6) is 0 Å². The van der Waals surface area contributed by atoms with Crippen molar-refractivity contribution in [1.82, 2.24) is 4.90 Å². The van der Waals surface area contributed by atoms with Gasteiger partial charge in [-0.1, -0.05) is 47.5 Å². The Morgan fingerprint density at radius 1 is 1.00 bits per heavy atom. The highest BCUT2D eigenvalue weighted by molar-refractivity contribution is 5.56. The highest BCUT2D eigenvalue weighted by Gasteiger charge is 2.20. The summed E-state index contributed by atoms with van der Waals surface area (Å²) in [5.74, 6) is 0. The van der Waals surface area contributed by atoms with Gasteiger partial charge in [-0.15, -0.1) is 0 Å². The smallest absolute Gasteiger partial charge is 0.0711 e. The number of hydrogen-bond donors (Lipinski definition) is 0. The Morgan fingerprint density at radius 2 is 1.80 bits per heavy atom. The molecule has 0 saturated carbocycles. The molecule has 2 aromatic carbocycles. The van der Waals surface area contributed by atoms with Crippen LogP contribution >= 0.6 is 0 Å². The van der Waals surface area contributed by atoms with Crippen LogP contribution in [0.25, 0.3) is 0 Å². The van der Waals surface area contributed by atoms with E-state index in [-0.39, 0.29) is 0 Å². The molecule has 1 heterocycles. The molecule has 0 N–H and O–H groups in total. The third-order valence-electron chi connectivity index (χ3n) is 3.88. The van der Waals surface area contributed by atoms with Gasteiger partial charge in [-0.3, -0.25) is 4.90 Å². The van der Waals surface area contributed by atoms with Crippen molar-refractivity contribution in [2.45, 2.75) is 26.9 Å². The summed E-state index contributed by atoms with van der Waals surface area (Å²) >= 11 is 0. The van der Waals surface area contributed by atoms with Gasteiger partial charge in [0.05, 0.1) is 6.67 Å². The number of fused-ring (bicyclic) bond motifs is 1. The van der Waals surface area contributed by atoms with E-state index in [1.807, 2.05) is 0 Å². The van der Waals surface area contributed by atoms with E-state index in [1.54, 1.807) is 0 Å². The lowest BCUT2D eigenvalue weighted by Gasteiger charge is -2.37. The third kappa shape index (κ3) is 2.70. The molecule has 0 aliphatic carbocycles. The Bertz CT molecular complexity index is 619. The molecule has 2 heteroatoms. The Balaban J connectivity index is 1.91. The lowest BCUT2D eigenvalue weighted by Crippen LogP contribution is -2.39. The SMILES string of the molecule is Cc1cccc(CN2CN(C)Cc3cc(C)ccc32)c1. The second kappa shape index (κ2) is 5.29. The summed E-state index contributed by atoms with van der Waals surface area (Å²) in [7, 11) is 2.19. The first-order chi connectivity index (χ1) is 9.61. The molecule has 0 radical (unpaired) electrons. The molecular formula is C18H22N2. The first-order valence-electron chi connectivity index (χ1n) is 7.20. The summed E-state index contributed by atoms with van der Waals surface area (Å²) < 4.78 is 0. The molecule has 0 aromatic heterocycles. The van der Waals surface area contributed by atoms with Crippen molar-refractivity contribution in [2.75, 3.05) is 18.6 Å². The number of nitrogens with zero attached hydrogens (tertiary/aromatic N) is 2. The Kier molecular flexibility index (Phi) is 3.49. The summed E-state index contributed by atoms with van der Waals surface area (Å²) in [5, 5.41) is 0. The van der Waals surface area contributed by atoms with Crippen LogP contribution in [0.3, 0.4) is 0 Å². The highest BCUT2D eigenvalue weighted by Crippen LogP contribution is 2.29. The first kappa shape index (κ1) is 13.2. The van der Waals surface area contributed by atoms with Crippen LogP contribution in [0.2, 0.25) is 0 Å². The van der Waals surface area contributed by atoms with Crippen molar-refractivity contribution in [3.8, 4) is 0 Å². The van der Waals surface area contributed by atoms with E-state index >= 15 is 0 Å². The normalized spacial score (nSPS) is 15.2. The second-order valence-corrected chi connectivity index (χ2v) is 5.97. The molecule has 1 aliphatic heterocycles. The molecular weight excluding hydrogens is 244 g/mol. The molecule has 0 saturated heterocycles. The predicted molar refractivity (Wildman–Crippen MR) is 84.9 cm³/mol. The van der Waals surface area contributed by atoms with E-state index in [4.69, 9.17) is 0 Å². The minimum atomic E-state index is 0.974. The molecule has 3 rings (SSSR count). The van der Waals surface area contributed by atoms with Gasteiger partial charge in [0.2, 0.25) is 0 Å². The predicted octanol–water partition coefficient (Wildman–Crippen LogP) is 3.71. The largest absolute Gasteiger partial charge is 0.354 e. The molecule has 0 fully saturated rings. The second-order valence-electron chi connectivity index (χ2n) is 5.97. The number of anilines is 1. The average Bonchev–Trinajstić information content (AvgIpc) is 2.37. The van der Waals surface area contributed by atoms with Crippen LogP contribution in [0.1, 0.15) is 22.3 Å². The summed E-state index contributed by atoms with van der Waals surface area (Å²) in [6.45, 7) is 7.33. The molecule has 0 atom stereocenters. The quantitative estimate of drug-likeness (QED) is 0.817. The summed E-state index contributed by atoms with van der Waals surface area (Å²) in [6, 6.07) is 15.6. The lowest BCUT2D eigenvalue weighted by atomic mass is 10.0. The van der Waals surface area contributed by atoms with Gasteiger partial charge in [0.1, 0.15) is 0 Å². The van der Waals surface area contributed by atoms with E-state index in [0.29, 0.717) is 0 Å². The number of aryl methyl sites for hydroxylation is 2. The number of hydrogen-bond acceptors (Lipinski definition) is 2. The maximum atomic E-state index is 2.47. The molecule has 1 aliphatic rings. The average molecular weight is 266 g/mol. The molecule has 104 valence electrons. The number of benzene rings is 2. The fourth-order valence-corrected chi connectivity index (χ4v) is 3.02. The van der Waals surface area contributed by atoms with Crippen LogP contribution in [-0.2, 0) is 13.1 Å². The first-order valence-corrected chi connectivity index (χ1v) is 7.20. The van der Waals surface area contributed by atoms with E-state index in [1.165, 1.54) is 27.9 Å². The molecule has 2 aromatic rings. The van der Waals surface area contributed by atoms with E-state index in [9.17, 15) is 0 Å². The van der Waals surface area contributed by atoms with E-state index in [0.717, 1.165) is 19.8 Å². The van der Waals surface area contributed by atoms with Crippen LogP contribution in [0.4, 0.5) is 5.69 Å². The fraction of sp³-hybridized carbons (Fsp3) is 0.333. The van der Waals surface area contributed by atoms with Gasteiger partial charge < -0.3 is 4.90 Å². The van der Waals surface area contributed by atoms with Gasteiger partial charge in [-0.25, -0.2) is 0 Å². The summed E-state index contributed by atoms with van der Waals surface area (Å²) in [6.07, 6.45) is 0. The van der Waals surface area contributed by atoms with Crippen molar-refractivity contribution in [3.63, 3.8) is 0 Å². The monoisotopic (exact) mass is 266 g/mol. The molecule has 20 heavy (non-hydrogen) atoms. The topological polar surface area (TPSA) is 6.48 Å². The van der Waals surface area contributed by atoms with Gasteiger partial charge in [0.25, 0.3) is 0 Å². The van der Waals surface area contributed by atoms with Crippen molar-refractivity contribution in [3.05, 3.63) is 64.7 Å². The van der Waals surface area contributed by atoms with E-state index in [2.05, 4.69) is 73.2 Å². The van der Waals surface area contributed by atoms with Crippen LogP contribution in [0.15, 0.2) is 42.5 Å². The Labute approximate surface area is 121 Å². The standard InChI is InChI=1S/C18H22N2/c1-14-5-4-6-16(9-14)11-20-13-19(3)12-17-10-15(2)7-8-18(17)20/h4-10H,11-13H2,1-3H3. The number of rotatable bonds is 2. The molecule has 0 unspecified atom stereocenters. The van der Waals surface area contributed by atoms with Crippen LogP contribution in [-0.4, -0.2) is 18.6 Å². The van der Waals surface area contributed by atoms with Gasteiger partial charge in [0.15, 0.2) is 0 Å². The van der Waals surface area contributed by atoms with E-state index < -0.39 is 0 Å². The summed E-state index contributed by atoms with van der Waals surface area (Å²) in [4.78, 5) is 4.84. The molecule has 0 spiro atoms. The summed E-state index contributed by atoms with van der Waals surface area (Å²) in [5.41, 5.74) is 6.87. The lowest BCUT2D eigenvalue weighted by molar-refractivity contribution is 0.307. The maximum absolute atomic E-state index is 2.47. The van der Waals surface area contributed by atoms with Crippen LogP contribution in [0, 0.1) is 13.8 Å². The molecule has 0 bridgehead atoms. The Morgan fingerprint density at radius 3 is 2.60 bits per heavy atom. The zero-order chi connectivity index (χ0) is 14.1. The molecule has 2 nitrogen and oxygen atoms in total. The minimum absolute atomic E-state index is 0.974. The Hall–Kier alpha value is -1.80. The molecule has 0 amide bonds. The van der Waals surface area contributed by atoms with Crippen molar-refractivity contribution in [2.24, 2.45) is 0 Å². The van der Waals surface area contributed by atoms with Crippen molar-refractivity contribution < 1.29 is 0 Å². The van der Waals surface area contributed by atoms with Gasteiger partial charge in [0, 0.05) is 18.8 Å². The van der Waals surface area contributed by atoms with Crippen molar-refractivity contribution in [1.29, 1.82) is 0 Å². The third-order valence-corrected chi connectivity index (χ3v) is 3.88. The zero-order valence-corrected chi connectivity index (χ0v) is 12.6. The van der Waals surface area contributed by atoms with Crippen molar-refractivity contribution >= 4 is 5.69 Å². The van der Waals surface area contributed by atoms with Gasteiger partial charge >= 0.3 is 0 Å². The van der Waals surface area contributed by atoms with Gasteiger partial charge in [-0.2, -0.15) is 0 Å². The fourth-order valence-electron chi connectivity index (χ4n) is 3.02. The van der Waals surface area contributed by atoms with Crippen LogP contribution < -0.4 is 4.90 Å².